The number of allylic oxidation sites excluding steroid dienone is 2. The van der Waals surface area contributed by atoms with Gasteiger partial charge in [-0.1, -0.05) is 70.4 Å². The summed E-state index contributed by atoms with van der Waals surface area (Å²) in [6.45, 7) is 1.42. The number of carbonyl (C=O) groups excluding carboxylic acids is 1. The molecule has 0 aromatic rings. The van der Waals surface area contributed by atoms with Crippen molar-refractivity contribution in [2.45, 2.75) is 134 Å². The van der Waals surface area contributed by atoms with Crippen LogP contribution in [0.4, 0.5) is 0 Å². The van der Waals surface area contributed by atoms with Crippen molar-refractivity contribution in [2.75, 3.05) is 19.0 Å². The summed E-state index contributed by atoms with van der Waals surface area (Å²) in [5.74, 6) is -1.47. The largest absolute Gasteiger partial charge is 0.463 e. The first-order valence-corrected chi connectivity index (χ1v) is 15.9. The summed E-state index contributed by atoms with van der Waals surface area (Å²) < 4.78 is 46.4. The molecule has 0 spiro atoms. The van der Waals surface area contributed by atoms with Crippen molar-refractivity contribution in [3.8, 4) is 0 Å². The van der Waals surface area contributed by atoms with Gasteiger partial charge in [-0.25, -0.2) is 0 Å². The van der Waals surface area contributed by atoms with Crippen molar-refractivity contribution in [3.63, 3.8) is 0 Å². The van der Waals surface area contributed by atoms with Crippen LogP contribution in [0.5, 0.6) is 0 Å². The van der Waals surface area contributed by atoms with E-state index in [1.54, 1.807) is 0 Å². The normalized spacial score (nSPS) is 24.7. The zero-order chi connectivity index (χ0) is 29.1. The lowest BCUT2D eigenvalue weighted by molar-refractivity contribution is -0.296. The Balaban J connectivity index is 2.08. The summed E-state index contributed by atoms with van der Waals surface area (Å²) in [6.07, 6.45) is 10.1. The van der Waals surface area contributed by atoms with E-state index < -0.39 is 65.3 Å². The second-order valence-corrected chi connectivity index (χ2v) is 11.8. The smallest absolute Gasteiger partial charge is 0.305 e. The van der Waals surface area contributed by atoms with Crippen LogP contribution in [-0.4, -0.2) is 95.1 Å². The van der Waals surface area contributed by atoms with E-state index in [1.165, 1.54) is 38.5 Å². The predicted octanol–water partition coefficient (Wildman–Crippen LogP) is 2.64. The quantitative estimate of drug-likeness (QED) is 0.0548. The second kappa shape index (κ2) is 20.7. The minimum absolute atomic E-state index is 0.234. The van der Waals surface area contributed by atoms with Crippen molar-refractivity contribution < 1.29 is 52.4 Å². The molecule has 1 heterocycles. The third kappa shape index (κ3) is 17.3. The highest BCUT2D eigenvalue weighted by Gasteiger charge is 2.45. The number of rotatable bonds is 22. The average Bonchev–Trinajstić information content (AvgIpc) is 2.88. The number of ether oxygens (including phenoxy) is 3. The molecule has 0 aromatic heterocycles. The molecule has 6 atom stereocenters. The zero-order valence-electron chi connectivity index (χ0n) is 23.2. The fourth-order valence-corrected chi connectivity index (χ4v) is 4.95. The average molecular weight is 583 g/mol. The number of aliphatic hydroxyl groups excluding tert-OH is 4. The topological polar surface area (TPSA) is 180 Å². The highest BCUT2D eigenvalue weighted by molar-refractivity contribution is 7.85. The number of aliphatic hydroxyl groups is 4. The summed E-state index contributed by atoms with van der Waals surface area (Å²) in [4.78, 5) is 11.9. The highest BCUT2D eigenvalue weighted by atomic mass is 32.2. The van der Waals surface area contributed by atoms with E-state index in [2.05, 4.69) is 19.1 Å². The molecule has 0 amide bonds. The van der Waals surface area contributed by atoms with Gasteiger partial charge in [-0.3, -0.25) is 9.35 Å². The maximum Gasteiger partial charge on any atom is 0.305 e. The molecule has 0 unspecified atom stereocenters. The minimum atomic E-state index is -4.54. The molecule has 11 nitrogen and oxygen atoms in total. The van der Waals surface area contributed by atoms with Crippen molar-refractivity contribution in [3.05, 3.63) is 12.2 Å². The maximum absolute atomic E-state index is 11.9. The summed E-state index contributed by atoms with van der Waals surface area (Å²) in [6, 6.07) is 0. The van der Waals surface area contributed by atoms with E-state index in [-0.39, 0.29) is 13.0 Å². The summed E-state index contributed by atoms with van der Waals surface area (Å²) >= 11 is 0. The van der Waals surface area contributed by atoms with Crippen molar-refractivity contribution in [1.82, 2.24) is 0 Å². The molecular weight excluding hydrogens is 532 g/mol. The van der Waals surface area contributed by atoms with Gasteiger partial charge in [0.15, 0.2) is 6.29 Å². The molecule has 1 aliphatic rings. The molecule has 12 heteroatoms. The lowest BCUT2D eigenvalue weighted by Crippen LogP contribution is -2.60. The van der Waals surface area contributed by atoms with Gasteiger partial charge in [-0.2, -0.15) is 8.42 Å². The van der Waals surface area contributed by atoms with Gasteiger partial charge >= 0.3 is 5.97 Å². The van der Waals surface area contributed by atoms with Crippen LogP contribution < -0.4 is 0 Å². The van der Waals surface area contributed by atoms with Crippen LogP contribution in [0, 0.1) is 0 Å². The van der Waals surface area contributed by atoms with E-state index in [1.807, 2.05) is 0 Å². The third-order valence-corrected chi connectivity index (χ3v) is 7.33. The summed E-state index contributed by atoms with van der Waals surface area (Å²) in [7, 11) is -4.54. The fraction of sp³-hybridized carbons (Fsp3) is 0.889. The van der Waals surface area contributed by atoms with Crippen molar-refractivity contribution in [2.24, 2.45) is 0 Å². The molecule has 0 aromatic carbocycles. The van der Waals surface area contributed by atoms with Gasteiger partial charge in [0.05, 0.1) is 6.61 Å². The van der Waals surface area contributed by atoms with Crippen LogP contribution in [-0.2, 0) is 29.1 Å². The summed E-state index contributed by atoms with van der Waals surface area (Å²) in [5.41, 5.74) is 0. The maximum atomic E-state index is 11.9. The Hall–Kier alpha value is -1.12. The van der Waals surface area contributed by atoms with Crippen LogP contribution in [0.1, 0.15) is 96.8 Å². The number of hydrogen-bond acceptors (Lipinski definition) is 10. The standard InChI is InChI=1S/C27H50O11S/c1-2-3-4-5-6-7-8-9-10-11-12-13-14-15-16-17-23(29)36-18-21(28)19-37-27-26(32)25(31)24(30)22(38-27)20-39(33,34)35/h9-10,21-22,24-28,30-32H,2-8,11-20H2,1H3,(H,33,34,35)/b10-9-/t21-,22-,24-,25+,26-,27+/m1/s1. The second-order valence-electron chi connectivity index (χ2n) is 10.3. The SMILES string of the molecule is CCCCCCCC/C=C\CCCCCCCC(=O)OC[C@@H](O)CO[C@H]1O[C@H](CS(=O)(=O)O)[C@@H](O)[C@H](O)[C@H]1O. The first-order chi connectivity index (χ1) is 18.5. The van der Waals surface area contributed by atoms with E-state index >= 15 is 0 Å². The number of hydrogen-bond donors (Lipinski definition) is 5. The van der Waals surface area contributed by atoms with Crippen molar-refractivity contribution >= 4 is 16.1 Å². The zero-order valence-corrected chi connectivity index (χ0v) is 24.0. The monoisotopic (exact) mass is 582 g/mol. The van der Waals surface area contributed by atoms with Gasteiger partial charge in [0, 0.05) is 6.42 Å². The van der Waals surface area contributed by atoms with Gasteiger partial charge in [0.2, 0.25) is 0 Å². The molecule has 39 heavy (non-hydrogen) atoms. The lowest BCUT2D eigenvalue weighted by atomic mass is 10.00. The predicted molar refractivity (Wildman–Crippen MR) is 145 cm³/mol. The summed E-state index contributed by atoms with van der Waals surface area (Å²) in [5, 5.41) is 39.7. The van der Waals surface area contributed by atoms with Gasteiger partial charge in [0.1, 0.15) is 42.9 Å². The van der Waals surface area contributed by atoms with E-state index in [4.69, 9.17) is 18.8 Å². The van der Waals surface area contributed by atoms with E-state index in [0.717, 1.165) is 38.5 Å². The Labute approximate surface area is 233 Å². The molecule has 1 saturated heterocycles. The Morgan fingerprint density at radius 3 is 2.00 bits per heavy atom. The number of esters is 1. The van der Waals surface area contributed by atoms with Crippen LogP contribution in [0.3, 0.4) is 0 Å². The van der Waals surface area contributed by atoms with Gasteiger partial charge < -0.3 is 34.6 Å². The van der Waals surface area contributed by atoms with Crippen LogP contribution in [0.15, 0.2) is 12.2 Å². The molecule has 1 fully saturated rings. The molecule has 230 valence electrons. The third-order valence-electron chi connectivity index (χ3n) is 6.58. The Kier molecular flexibility index (Phi) is 19.1. The molecule has 0 saturated carbocycles. The van der Waals surface area contributed by atoms with E-state index in [9.17, 15) is 33.6 Å². The van der Waals surface area contributed by atoms with Crippen molar-refractivity contribution in [1.29, 1.82) is 0 Å². The van der Waals surface area contributed by atoms with Crippen LogP contribution >= 0.6 is 0 Å². The van der Waals surface area contributed by atoms with Crippen LogP contribution in [0.2, 0.25) is 0 Å². The first-order valence-electron chi connectivity index (χ1n) is 14.3. The van der Waals surface area contributed by atoms with E-state index in [0.29, 0.717) is 6.42 Å². The molecule has 0 bridgehead atoms. The molecule has 0 aliphatic carbocycles. The molecule has 5 N–H and O–H groups in total. The van der Waals surface area contributed by atoms with Gasteiger partial charge in [0.25, 0.3) is 10.1 Å². The molecule has 1 aliphatic heterocycles. The highest BCUT2D eigenvalue weighted by Crippen LogP contribution is 2.23. The van der Waals surface area contributed by atoms with Crippen LogP contribution in [0.25, 0.3) is 0 Å². The first kappa shape index (κ1) is 35.9. The number of unbranched alkanes of at least 4 members (excludes halogenated alkanes) is 11. The minimum Gasteiger partial charge on any atom is -0.463 e. The number of carbonyl (C=O) groups is 1. The lowest BCUT2D eigenvalue weighted by Gasteiger charge is -2.40. The van der Waals surface area contributed by atoms with Gasteiger partial charge in [-0.15, -0.1) is 0 Å². The molecule has 0 radical (unpaired) electrons. The molecular formula is C27H50O11S. The Bertz CT molecular complexity index is 774. The Morgan fingerprint density at radius 2 is 1.41 bits per heavy atom. The van der Waals surface area contributed by atoms with Gasteiger partial charge in [-0.05, 0) is 32.1 Å². The fourth-order valence-electron chi connectivity index (χ4n) is 4.25. The Morgan fingerprint density at radius 1 is 0.846 bits per heavy atom. The molecule has 1 rings (SSSR count).